The van der Waals surface area contributed by atoms with Crippen LogP contribution in [0.3, 0.4) is 0 Å². The van der Waals surface area contributed by atoms with Gasteiger partial charge in [0, 0.05) is 17.6 Å². The Labute approximate surface area is 240 Å². The molecule has 0 fully saturated rings. The van der Waals surface area contributed by atoms with Gasteiger partial charge in [0.25, 0.3) is 0 Å². The number of aliphatic hydroxyl groups is 1. The van der Waals surface area contributed by atoms with Crippen molar-refractivity contribution in [2.45, 2.75) is 42.2 Å². The van der Waals surface area contributed by atoms with E-state index in [1.165, 1.54) is 0 Å². The van der Waals surface area contributed by atoms with E-state index >= 15 is 0 Å². The number of halogens is 1. The molecular weight excluding hydrogens is 546 g/mol. The minimum Gasteiger partial charge on any atom is -0.462 e. The van der Waals surface area contributed by atoms with Crippen LogP contribution in [0.2, 0.25) is 5.02 Å². The molecule has 0 unspecified atom stereocenters. The second-order valence-electron chi connectivity index (χ2n) is 9.56. The maximum absolute atomic E-state index is 13.3. The summed E-state index contributed by atoms with van der Waals surface area (Å²) in [5.74, 6) is -0.396. The van der Waals surface area contributed by atoms with Gasteiger partial charge in [0.1, 0.15) is 0 Å². The predicted molar refractivity (Wildman–Crippen MR) is 157 cm³/mol. The van der Waals surface area contributed by atoms with E-state index in [1.807, 2.05) is 31.2 Å². The van der Waals surface area contributed by atoms with E-state index in [0.717, 1.165) is 22.3 Å². The number of sulfone groups is 1. The second-order valence-corrected chi connectivity index (χ2v) is 11.9. The van der Waals surface area contributed by atoms with Crippen LogP contribution in [0, 0.1) is 0 Å². The fourth-order valence-electron chi connectivity index (χ4n) is 4.38. The smallest absolute Gasteiger partial charge is 0.338 e. The molecule has 2 atom stereocenters. The number of esters is 1. The number of hydrogen-bond acceptors (Lipinski definition) is 6. The molecule has 8 heteroatoms. The third-order valence-corrected chi connectivity index (χ3v) is 8.56. The first kappa shape index (κ1) is 29.5. The number of aliphatic hydroxyl groups excluding tert-OH is 1. The van der Waals surface area contributed by atoms with Gasteiger partial charge < -0.3 is 15.2 Å². The molecule has 0 amide bonds. The lowest BCUT2D eigenvalue weighted by Crippen LogP contribution is -2.32. The van der Waals surface area contributed by atoms with E-state index in [2.05, 4.69) is 5.32 Å². The topological polar surface area (TPSA) is 92.7 Å². The Balaban J connectivity index is 1.38. The van der Waals surface area contributed by atoms with Crippen molar-refractivity contribution in [2.24, 2.45) is 0 Å². The quantitative estimate of drug-likeness (QED) is 0.204. The Morgan fingerprint density at radius 1 is 0.900 bits per heavy atom. The van der Waals surface area contributed by atoms with Gasteiger partial charge in [0.2, 0.25) is 9.84 Å². The summed E-state index contributed by atoms with van der Waals surface area (Å²) in [7, 11) is -3.70. The van der Waals surface area contributed by atoms with Crippen molar-refractivity contribution in [1.82, 2.24) is 5.32 Å². The van der Waals surface area contributed by atoms with Crippen LogP contribution in [0.5, 0.6) is 0 Å². The molecule has 40 heavy (non-hydrogen) atoms. The Morgan fingerprint density at radius 2 is 1.55 bits per heavy atom. The fraction of sp³-hybridized carbons (Fsp3) is 0.219. The van der Waals surface area contributed by atoms with E-state index in [1.54, 1.807) is 79.7 Å². The summed E-state index contributed by atoms with van der Waals surface area (Å²) in [6.45, 7) is 4.43. The van der Waals surface area contributed by atoms with Crippen molar-refractivity contribution in [3.8, 4) is 11.1 Å². The molecule has 0 aliphatic rings. The van der Waals surface area contributed by atoms with E-state index in [-0.39, 0.29) is 15.8 Å². The third kappa shape index (κ3) is 7.37. The number of nitrogens with one attached hydrogen (secondary N) is 1. The molecule has 4 rings (SSSR count). The zero-order valence-corrected chi connectivity index (χ0v) is 24.0. The van der Waals surface area contributed by atoms with E-state index in [9.17, 15) is 18.3 Å². The first-order valence-corrected chi connectivity index (χ1v) is 14.9. The highest BCUT2D eigenvalue weighted by Crippen LogP contribution is 2.26. The fourth-order valence-corrected chi connectivity index (χ4v) is 5.84. The number of benzene rings is 4. The van der Waals surface area contributed by atoms with Crippen LogP contribution in [0.4, 0.5) is 0 Å². The van der Waals surface area contributed by atoms with Crippen LogP contribution in [0.25, 0.3) is 11.1 Å². The van der Waals surface area contributed by atoms with Gasteiger partial charge in [-0.05, 0) is 91.1 Å². The Bertz CT molecular complexity index is 1550. The minimum absolute atomic E-state index is 0.0613. The van der Waals surface area contributed by atoms with Crippen LogP contribution in [0.1, 0.15) is 41.4 Å². The highest BCUT2D eigenvalue weighted by atomic mass is 35.5. The van der Waals surface area contributed by atoms with Crippen molar-refractivity contribution < 1.29 is 23.1 Å². The largest absolute Gasteiger partial charge is 0.462 e. The normalized spacial score (nSPS) is 13.0. The summed E-state index contributed by atoms with van der Waals surface area (Å²) in [5.41, 5.74) is 3.76. The lowest BCUT2D eigenvalue weighted by Gasteiger charge is -2.18. The van der Waals surface area contributed by atoms with Crippen LogP contribution in [-0.4, -0.2) is 38.7 Å². The van der Waals surface area contributed by atoms with Gasteiger partial charge in [-0.3, -0.25) is 0 Å². The molecule has 6 nitrogen and oxygen atoms in total. The van der Waals surface area contributed by atoms with Crippen molar-refractivity contribution >= 4 is 27.4 Å². The molecule has 0 bridgehead atoms. The number of carbonyl (C=O) groups is 1. The third-order valence-electron chi connectivity index (χ3n) is 6.54. The predicted octanol–water partition coefficient (Wildman–Crippen LogP) is 6.27. The Morgan fingerprint density at radius 3 is 2.20 bits per heavy atom. The molecule has 2 N–H and O–H groups in total. The summed E-state index contributed by atoms with van der Waals surface area (Å²) in [6, 6.07) is 27.7. The standard InChI is InChI=1S/C32H32ClNO5S/c1-3-39-32(36)27-8-4-6-25(19-27)24-12-16-30(17-13-24)40(37,38)29-14-10-23(11-15-29)18-22(2)34-21-31(35)26-7-5-9-28(33)20-26/h4-17,19-20,22,31,34-35H,3,18,21H2,1-2H3/t22-,31+/m1/s1. The molecule has 0 saturated heterocycles. The number of rotatable bonds is 11. The van der Waals surface area contributed by atoms with Crippen LogP contribution in [0.15, 0.2) is 107 Å². The molecule has 0 saturated carbocycles. The van der Waals surface area contributed by atoms with Gasteiger partial charge in [0.05, 0.1) is 28.1 Å². The molecular formula is C32H32ClNO5S. The lowest BCUT2D eigenvalue weighted by molar-refractivity contribution is 0.0526. The molecule has 0 aromatic heterocycles. The van der Waals surface area contributed by atoms with Crippen molar-refractivity contribution in [3.63, 3.8) is 0 Å². The van der Waals surface area contributed by atoms with Crippen LogP contribution >= 0.6 is 11.6 Å². The Hall–Kier alpha value is -3.49. The van der Waals surface area contributed by atoms with E-state index in [0.29, 0.717) is 30.2 Å². The zero-order chi connectivity index (χ0) is 28.7. The molecule has 0 spiro atoms. The number of ether oxygens (including phenoxy) is 1. The highest BCUT2D eigenvalue weighted by molar-refractivity contribution is 7.91. The summed E-state index contributed by atoms with van der Waals surface area (Å²) in [6.07, 6.45) is -0.0103. The van der Waals surface area contributed by atoms with E-state index < -0.39 is 21.9 Å². The second kappa shape index (κ2) is 13.2. The van der Waals surface area contributed by atoms with Gasteiger partial charge in [0.15, 0.2) is 0 Å². The summed E-state index contributed by atoms with van der Waals surface area (Å²) < 4.78 is 31.6. The first-order chi connectivity index (χ1) is 19.2. The molecule has 4 aromatic rings. The van der Waals surface area contributed by atoms with Gasteiger partial charge in [-0.25, -0.2) is 13.2 Å². The number of carbonyl (C=O) groups excluding carboxylic acids is 1. The maximum Gasteiger partial charge on any atom is 0.338 e. The number of hydrogen-bond donors (Lipinski definition) is 2. The lowest BCUT2D eigenvalue weighted by atomic mass is 10.0. The summed E-state index contributed by atoms with van der Waals surface area (Å²) in [4.78, 5) is 12.5. The monoisotopic (exact) mass is 577 g/mol. The van der Waals surface area contributed by atoms with Gasteiger partial charge in [-0.15, -0.1) is 0 Å². The van der Waals surface area contributed by atoms with E-state index in [4.69, 9.17) is 16.3 Å². The van der Waals surface area contributed by atoms with Gasteiger partial charge >= 0.3 is 5.97 Å². The van der Waals surface area contributed by atoms with Gasteiger partial charge in [-0.1, -0.05) is 60.1 Å². The molecule has 4 aromatic carbocycles. The molecule has 0 aliphatic heterocycles. The summed E-state index contributed by atoms with van der Waals surface area (Å²) >= 11 is 6.01. The highest BCUT2D eigenvalue weighted by Gasteiger charge is 2.18. The van der Waals surface area contributed by atoms with Crippen LogP contribution < -0.4 is 5.32 Å². The minimum atomic E-state index is -3.70. The van der Waals surface area contributed by atoms with Crippen molar-refractivity contribution in [2.75, 3.05) is 13.2 Å². The average Bonchev–Trinajstić information content (AvgIpc) is 2.96. The Kier molecular flexibility index (Phi) is 9.76. The average molecular weight is 578 g/mol. The van der Waals surface area contributed by atoms with Crippen molar-refractivity contribution in [1.29, 1.82) is 0 Å². The van der Waals surface area contributed by atoms with Crippen molar-refractivity contribution in [3.05, 3.63) is 119 Å². The maximum atomic E-state index is 13.3. The molecule has 0 radical (unpaired) electrons. The summed E-state index contributed by atoms with van der Waals surface area (Å²) in [5, 5.41) is 14.3. The molecule has 208 valence electrons. The molecule has 0 aliphatic carbocycles. The molecule has 0 heterocycles. The SMILES string of the molecule is CCOC(=O)c1cccc(-c2ccc(S(=O)(=O)c3ccc(C[C@@H](C)NC[C@H](O)c4cccc(Cl)c4)cc3)cc2)c1. The van der Waals surface area contributed by atoms with Crippen LogP contribution in [-0.2, 0) is 21.0 Å². The first-order valence-electron chi connectivity index (χ1n) is 13.1. The van der Waals surface area contributed by atoms with Gasteiger partial charge in [-0.2, -0.15) is 0 Å². The zero-order valence-electron chi connectivity index (χ0n) is 22.4.